The Hall–Kier alpha value is -2.45. The van der Waals surface area contributed by atoms with Gasteiger partial charge in [0.2, 0.25) is 5.91 Å². The average molecular weight is 362 g/mol. The molecule has 4 amide bonds. The monoisotopic (exact) mass is 362 g/mol. The van der Waals surface area contributed by atoms with Crippen molar-refractivity contribution in [2.24, 2.45) is 0 Å². The van der Waals surface area contributed by atoms with E-state index in [0.29, 0.717) is 31.8 Å². The molecule has 0 aromatic heterocycles. The van der Waals surface area contributed by atoms with Crippen molar-refractivity contribution in [2.45, 2.75) is 18.9 Å². The van der Waals surface area contributed by atoms with Gasteiger partial charge in [-0.1, -0.05) is 18.2 Å². The summed E-state index contributed by atoms with van der Waals surface area (Å²) >= 11 is 0. The van der Waals surface area contributed by atoms with Crippen LogP contribution in [0.3, 0.4) is 0 Å². The fraction of sp³-hybridized carbons (Fsp3) is 0.500. The Bertz CT molecular complexity index is 600. The van der Waals surface area contributed by atoms with Crippen molar-refractivity contribution in [3.05, 3.63) is 35.9 Å². The van der Waals surface area contributed by atoms with Gasteiger partial charge in [0.15, 0.2) is 0 Å². The van der Waals surface area contributed by atoms with E-state index in [1.165, 1.54) is 7.11 Å². The van der Waals surface area contributed by atoms with E-state index in [9.17, 15) is 14.4 Å². The molecule has 1 aliphatic heterocycles. The van der Waals surface area contributed by atoms with Gasteiger partial charge in [0.1, 0.15) is 0 Å². The number of nitrogens with zero attached hydrogens (tertiary/aromatic N) is 1. The molecule has 1 aliphatic rings. The van der Waals surface area contributed by atoms with Crippen LogP contribution in [0.4, 0.5) is 4.79 Å². The minimum atomic E-state index is -0.517. The summed E-state index contributed by atoms with van der Waals surface area (Å²) in [6.45, 7) is 2.29. The van der Waals surface area contributed by atoms with E-state index < -0.39 is 6.03 Å². The molecule has 1 saturated heterocycles. The quantitative estimate of drug-likeness (QED) is 0.608. The van der Waals surface area contributed by atoms with E-state index in [4.69, 9.17) is 4.74 Å². The van der Waals surface area contributed by atoms with E-state index in [-0.39, 0.29) is 24.4 Å². The molecular formula is C18H26N4O4. The predicted octanol–water partition coefficient (Wildman–Crippen LogP) is 0.353. The van der Waals surface area contributed by atoms with E-state index in [1.54, 1.807) is 12.1 Å². The maximum absolute atomic E-state index is 12.2. The van der Waals surface area contributed by atoms with E-state index in [2.05, 4.69) is 16.0 Å². The van der Waals surface area contributed by atoms with Gasteiger partial charge < -0.3 is 15.4 Å². The number of imide groups is 1. The first-order valence-corrected chi connectivity index (χ1v) is 8.73. The molecule has 2 rings (SSSR count). The fourth-order valence-electron chi connectivity index (χ4n) is 2.77. The lowest BCUT2D eigenvalue weighted by Gasteiger charge is -2.31. The maximum Gasteiger partial charge on any atom is 0.321 e. The summed E-state index contributed by atoms with van der Waals surface area (Å²) in [6.07, 6.45) is 1.54. The van der Waals surface area contributed by atoms with Crippen LogP contribution in [0.15, 0.2) is 30.3 Å². The Balaban J connectivity index is 1.65. The van der Waals surface area contributed by atoms with Crippen LogP contribution in [0.25, 0.3) is 0 Å². The molecule has 3 N–H and O–H groups in total. The highest BCUT2D eigenvalue weighted by Gasteiger charge is 2.22. The van der Waals surface area contributed by atoms with Crippen LogP contribution >= 0.6 is 0 Å². The van der Waals surface area contributed by atoms with Crippen molar-refractivity contribution in [3.63, 3.8) is 0 Å². The first-order chi connectivity index (χ1) is 12.6. The fourth-order valence-corrected chi connectivity index (χ4v) is 2.77. The van der Waals surface area contributed by atoms with Crippen LogP contribution in [-0.4, -0.2) is 68.7 Å². The molecule has 8 nitrogen and oxygen atoms in total. The Morgan fingerprint density at radius 1 is 1.15 bits per heavy atom. The summed E-state index contributed by atoms with van der Waals surface area (Å²) in [6, 6.07) is 8.69. The first kappa shape index (κ1) is 19.9. The standard InChI is InChI=1S/C18H26N4O4/c1-26-12-9-19-18(25)21-16(23)13-22-10-7-15(8-11-22)20-17(24)14-5-3-2-4-6-14/h2-6,15H,7-13H2,1H3,(H,20,24)(H2,19,21,23,25). The molecule has 1 fully saturated rings. The molecule has 1 heterocycles. The summed E-state index contributed by atoms with van der Waals surface area (Å²) in [7, 11) is 1.54. The highest BCUT2D eigenvalue weighted by molar-refractivity contribution is 5.95. The molecule has 1 aromatic rings. The van der Waals surface area contributed by atoms with Crippen molar-refractivity contribution in [1.29, 1.82) is 0 Å². The number of benzene rings is 1. The second kappa shape index (κ2) is 10.5. The van der Waals surface area contributed by atoms with Gasteiger partial charge >= 0.3 is 6.03 Å². The van der Waals surface area contributed by atoms with Crippen LogP contribution in [0, 0.1) is 0 Å². The topological polar surface area (TPSA) is 99.8 Å². The van der Waals surface area contributed by atoms with E-state index in [0.717, 1.165) is 12.8 Å². The zero-order chi connectivity index (χ0) is 18.8. The van der Waals surface area contributed by atoms with Gasteiger partial charge in [-0.2, -0.15) is 0 Å². The van der Waals surface area contributed by atoms with Crippen molar-refractivity contribution < 1.29 is 19.1 Å². The van der Waals surface area contributed by atoms with Crippen molar-refractivity contribution in [3.8, 4) is 0 Å². The Labute approximate surface area is 153 Å². The molecule has 1 aromatic carbocycles. The second-order valence-electron chi connectivity index (χ2n) is 6.19. The third kappa shape index (κ3) is 6.81. The number of carbonyl (C=O) groups is 3. The third-order valence-electron chi connectivity index (χ3n) is 4.17. The number of likely N-dealkylation sites (tertiary alicyclic amines) is 1. The van der Waals surface area contributed by atoms with Crippen molar-refractivity contribution >= 4 is 17.8 Å². The van der Waals surface area contributed by atoms with E-state index >= 15 is 0 Å². The van der Waals surface area contributed by atoms with Crippen molar-refractivity contribution in [2.75, 3.05) is 39.9 Å². The van der Waals surface area contributed by atoms with Crippen LogP contribution in [0.1, 0.15) is 23.2 Å². The zero-order valence-electron chi connectivity index (χ0n) is 15.0. The summed E-state index contributed by atoms with van der Waals surface area (Å²) < 4.78 is 4.82. The van der Waals surface area contributed by atoms with Gasteiger partial charge in [-0.05, 0) is 25.0 Å². The second-order valence-corrected chi connectivity index (χ2v) is 6.19. The number of hydrogen-bond acceptors (Lipinski definition) is 5. The highest BCUT2D eigenvalue weighted by Crippen LogP contribution is 2.11. The summed E-state index contributed by atoms with van der Waals surface area (Å²) in [4.78, 5) is 37.5. The number of hydrogen-bond donors (Lipinski definition) is 3. The van der Waals surface area contributed by atoms with Crippen LogP contribution in [0.5, 0.6) is 0 Å². The van der Waals surface area contributed by atoms with Crippen LogP contribution in [0.2, 0.25) is 0 Å². The number of methoxy groups -OCH3 is 1. The number of carbonyl (C=O) groups excluding carboxylic acids is 3. The molecular weight excluding hydrogens is 336 g/mol. The molecule has 142 valence electrons. The molecule has 0 aliphatic carbocycles. The SMILES string of the molecule is COCCNC(=O)NC(=O)CN1CCC(NC(=O)c2ccccc2)CC1. The number of urea groups is 1. The zero-order valence-corrected chi connectivity index (χ0v) is 15.0. The number of amides is 4. The molecule has 8 heteroatoms. The molecule has 0 radical (unpaired) electrons. The normalized spacial score (nSPS) is 15.3. The average Bonchev–Trinajstić information content (AvgIpc) is 2.64. The Morgan fingerprint density at radius 3 is 2.50 bits per heavy atom. The third-order valence-corrected chi connectivity index (χ3v) is 4.17. The van der Waals surface area contributed by atoms with Gasteiger partial charge in [-0.3, -0.25) is 19.8 Å². The molecule has 0 spiro atoms. The predicted molar refractivity (Wildman–Crippen MR) is 96.8 cm³/mol. The first-order valence-electron chi connectivity index (χ1n) is 8.73. The number of piperidine rings is 1. The summed E-state index contributed by atoms with van der Waals surface area (Å²) in [5, 5.41) is 7.86. The largest absolute Gasteiger partial charge is 0.383 e. The molecule has 0 saturated carbocycles. The lowest BCUT2D eigenvalue weighted by molar-refractivity contribution is -0.121. The van der Waals surface area contributed by atoms with Gasteiger partial charge in [0.05, 0.1) is 13.2 Å². The van der Waals surface area contributed by atoms with Crippen molar-refractivity contribution in [1.82, 2.24) is 20.9 Å². The number of rotatable bonds is 7. The summed E-state index contributed by atoms with van der Waals surface area (Å²) in [5.74, 6) is -0.416. The number of ether oxygens (including phenoxy) is 1. The lowest BCUT2D eigenvalue weighted by Crippen LogP contribution is -2.49. The minimum absolute atomic E-state index is 0.0745. The van der Waals surface area contributed by atoms with Gasteiger partial charge in [0.25, 0.3) is 5.91 Å². The van der Waals surface area contributed by atoms with Crippen LogP contribution in [-0.2, 0) is 9.53 Å². The lowest BCUT2D eigenvalue weighted by atomic mass is 10.0. The minimum Gasteiger partial charge on any atom is -0.383 e. The summed E-state index contributed by atoms with van der Waals surface area (Å²) in [5.41, 5.74) is 0.647. The number of nitrogens with one attached hydrogen (secondary N) is 3. The molecule has 0 atom stereocenters. The van der Waals surface area contributed by atoms with Gasteiger partial charge in [-0.25, -0.2) is 4.79 Å². The smallest absolute Gasteiger partial charge is 0.321 e. The van der Waals surface area contributed by atoms with Crippen LogP contribution < -0.4 is 16.0 Å². The van der Waals surface area contributed by atoms with Gasteiger partial charge in [-0.15, -0.1) is 0 Å². The Kier molecular flexibility index (Phi) is 8.04. The highest BCUT2D eigenvalue weighted by atomic mass is 16.5. The van der Waals surface area contributed by atoms with E-state index in [1.807, 2.05) is 23.1 Å². The molecule has 0 bridgehead atoms. The molecule has 0 unspecified atom stereocenters. The Morgan fingerprint density at radius 2 is 1.85 bits per heavy atom. The maximum atomic E-state index is 12.2. The van der Waals surface area contributed by atoms with Gasteiger partial charge in [0, 0.05) is 38.3 Å². The molecule has 26 heavy (non-hydrogen) atoms.